The number of hydrogen-bond acceptors (Lipinski definition) is 6. The van der Waals surface area contributed by atoms with Crippen molar-refractivity contribution in [1.82, 2.24) is 4.98 Å². The van der Waals surface area contributed by atoms with Crippen LogP contribution < -0.4 is 10.6 Å². The van der Waals surface area contributed by atoms with E-state index in [1.807, 2.05) is 4.90 Å². The molecule has 2 rings (SSSR count). The van der Waals surface area contributed by atoms with E-state index < -0.39 is 5.97 Å². The van der Waals surface area contributed by atoms with Gasteiger partial charge in [0.05, 0.1) is 6.61 Å². The largest absolute Gasteiger partial charge is 0.461 e. The van der Waals surface area contributed by atoms with Crippen LogP contribution in [-0.4, -0.2) is 36.7 Å². The molecule has 6 heteroatoms. The Morgan fingerprint density at radius 2 is 2.59 bits per heavy atom. The van der Waals surface area contributed by atoms with Crippen molar-refractivity contribution in [3.8, 4) is 0 Å². The Kier molecular flexibility index (Phi) is 3.63. The minimum absolute atomic E-state index is 0.140. The zero-order valence-electron chi connectivity index (χ0n) is 9.89. The number of hydrogen-bond donors (Lipinski definition) is 1. The van der Waals surface area contributed by atoms with Crippen LogP contribution in [-0.2, 0) is 4.74 Å². The van der Waals surface area contributed by atoms with Crippen LogP contribution in [0, 0.1) is 0 Å². The second-order valence-electron chi connectivity index (χ2n) is 4.08. The number of oxazole rings is 1. The molecule has 2 N–H and O–H groups in total. The maximum absolute atomic E-state index is 11.4. The number of piperidine rings is 1. The van der Waals surface area contributed by atoms with E-state index in [2.05, 4.69) is 4.98 Å². The maximum atomic E-state index is 11.4. The lowest BCUT2D eigenvalue weighted by atomic mass is 10.1. The number of carbonyl (C=O) groups is 1. The van der Waals surface area contributed by atoms with Crippen LogP contribution in [0.1, 0.15) is 30.3 Å². The lowest BCUT2D eigenvalue weighted by Gasteiger charge is -2.29. The Morgan fingerprint density at radius 3 is 3.29 bits per heavy atom. The highest BCUT2D eigenvalue weighted by Crippen LogP contribution is 2.18. The molecule has 17 heavy (non-hydrogen) atoms. The van der Waals surface area contributed by atoms with Crippen LogP contribution in [0.2, 0.25) is 0 Å². The first kappa shape index (κ1) is 11.9. The van der Waals surface area contributed by atoms with Gasteiger partial charge >= 0.3 is 5.97 Å². The van der Waals surface area contributed by atoms with Crippen LogP contribution in [0.4, 0.5) is 6.01 Å². The Balaban J connectivity index is 2.04. The molecule has 94 valence electrons. The number of anilines is 1. The quantitative estimate of drug-likeness (QED) is 0.785. The van der Waals surface area contributed by atoms with E-state index in [4.69, 9.17) is 14.9 Å². The summed E-state index contributed by atoms with van der Waals surface area (Å²) in [7, 11) is 0. The SMILES string of the molecule is CCOC(=O)c1coc(N2CCCC(N)C2)n1. The van der Waals surface area contributed by atoms with Gasteiger partial charge in [-0.2, -0.15) is 4.98 Å². The van der Waals surface area contributed by atoms with Gasteiger partial charge in [-0.15, -0.1) is 0 Å². The van der Waals surface area contributed by atoms with Gasteiger partial charge in [-0.05, 0) is 19.8 Å². The Hall–Kier alpha value is -1.56. The zero-order valence-corrected chi connectivity index (χ0v) is 9.89. The third kappa shape index (κ3) is 2.76. The maximum Gasteiger partial charge on any atom is 0.360 e. The van der Waals surface area contributed by atoms with Crippen molar-refractivity contribution in [2.24, 2.45) is 5.73 Å². The van der Waals surface area contributed by atoms with Crippen molar-refractivity contribution in [2.75, 3.05) is 24.6 Å². The third-order valence-electron chi connectivity index (χ3n) is 2.70. The number of rotatable bonds is 3. The molecule has 1 aliphatic rings. The van der Waals surface area contributed by atoms with Gasteiger partial charge in [-0.25, -0.2) is 4.79 Å². The third-order valence-corrected chi connectivity index (χ3v) is 2.70. The summed E-state index contributed by atoms with van der Waals surface area (Å²) in [6.45, 7) is 3.65. The lowest BCUT2D eigenvalue weighted by molar-refractivity contribution is 0.0519. The van der Waals surface area contributed by atoms with E-state index in [0.29, 0.717) is 19.2 Å². The summed E-state index contributed by atoms with van der Waals surface area (Å²) in [6, 6.07) is 0.588. The van der Waals surface area contributed by atoms with Crippen molar-refractivity contribution in [3.63, 3.8) is 0 Å². The molecule has 0 spiro atoms. The molecule has 0 amide bonds. The Labute approximate surface area is 99.7 Å². The molecule has 1 aromatic heterocycles. The summed E-state index contributed by atoms with van der Waals surface area (Å²) in [5.74, 6) is -0.455. The highest BCUT2D eigenvalue weighted by molar-refractivity contribution is 5.87. The second kappa shape index (κ2) is 5.18. The molecule has 1 saturated heterocycles. The molecular weight excluding hydrogens is 222 g/mol. The average Bonchev–Trinajstić information content (AvgIpc) is 2.78. The van der Waals surface area contributed by atoms with Crippen molar-refractivity contribution in [3.05, 3.63) is 12.0 Å². The smallest absolute Gasteiger partial charge is 0.360 e. The molecule has 0 saturated carbocycles. The van der Waals surface area contributed by atoms with Gasteiger partial charge in [0.15, 0.2) is 5.69 Å². The number of aromatic nitrogens is 1. The number of carbonyl (C=O) groups excluding carboxylic acids is 1. The minimum Gasteiger partial charge on any atom is -0.461 e. The standard InChI is InChI=1S/C11H17N3O3/c1-2-16-10(15)9-7-17-11(13-9)14-5-3-4-8(12)6-14/h7-8H,2-6,12H2,1H3. The van der Waals surface area contributed by atoms with Crippen LogP contribution in [0.25, 0.3) is 0 Å². The first-order valence-electron chi connectivity index (χ1n) is 5.84. The van der Waals surface area contributed by atoms with Crippen LogP contribution >= 0.6 is 0 Å². The second-order valence-corrected chi connectivity index (χ2v) is 4.08. The molecule has 1 aromatic rings. The summed E-state index contributed by atoms with van der Waals surface area (Å²) in [4.78, 5) is 17.5. The van der Waals surface area contributed by atoms with E-state index in [-0.39, 0.29) is 11.7 Å². The summed E-state index contributed by atoms with van der Waals surface area (Å²) in [5.41, 5.74) is 6.08. The molecule has 0 bridgehead atoms. The van der Waals surface area contributed by atoms with E-state index in [1.54, 1.807) is 6.92 Å². The normalized spacial score (nSPS) is 20.4. The van der Waals surface area contributed by atoms with E-state index in [0.717, 1.165) is 19.4 Å². The predicted molar refractivity (Wildman–Crippen MR) is 61.9 cm³/mol. The van der Waals surface area contributed by atoms with E-state index in [9.17, 15) is 4.79 Å². The van der Waals surface area contributed by atoms with Gasteiger partial charge in [0.2, 0.25) is 0 Å². The molecule has 6 nitrogen and oxygen atoms in total. The molecule has 0 aromatic carbocycles. The first-order valence-corrected chi connectivity index (χ1v) is 5.84. The van der Waals surface area contributed by atoms with E-state index in [1.165, 1.54) is 6.26 Å². The molecule has 1 unspecified atom stereocenters. The minimum atomic E-state index is -0.455. The van der Waals surface area contributed by atoms with Crippen molar-refractivity contribution < 1.29 is 13.9 Å². The van der Waals surface area contributed by atoms with Gasteiger partial charge in [0, 0.05) is 19.1 Å². The topological polar surface area (TPSA) is 81.6 Å². The van der Waals surface area contributed by atoms with Gasteiger partial charge in [-0.1, -0.05) is 0 Å². The number of esters is 1. The molecule has 0 radical (unpaired) electrons. The highest BCUT2D eigenvalue weighted by atomic mass is 16.5. The fourth-order valence-electron chi connectivity index (χ4n) is 1.89. The summed E-state index contributed by atoms with van der Waals surface area (Å²) < 4.78 is 10.1. The summed E-state index contributed by atoms with van der Waals surface area (Å²) in [5, 5.41) is 0. The number of ether oxygens (including phenoxy) is 1. The number of nitrogens with two attached hydrogens (primary N) is 1. The van der Waals surface area contributed by atoms with Gasteiger partial charge in [0.25, 0.3) is 6.01 Å². The monoisotopic (exact) mass is 239 g/mol. The van der Waals surface area contributed by atoms with Crippen LogP contribution in [0.3, 0.4) is 0 Å². The Bertz CT molecular complexity index is 391. The van der Waals surface area contributed by atoms with Crippen molar-refractivity contribution in [1.29, 1.82) is 0 Å². The molecule has 0 aliphatic carbocycles. The van der Waals surface area contributed by atoms with Gasteiger partial charge < -0.3 is 19.8 Å². The molecule has 1 aliphatic heterocycles. The van der Waals surface area contributed by atoms with Gasteiger partial charge in [-0.3, -0.25) is 0 Å². The molecule has 1 atom stereocenters. The Morgan fingerprint density at radius 1 is 1.76 bits per heavy atom. The summed E-state index contributed by atoms with van der Waals surface area (Å²) >= 11 is 0. The molecule has 2 heterocycles. The molecular formula is C11H17N3O3. The number of nitrogens with zero attached hydrogens (tertiary/aromatic N) is 2. The molecule has 1 fully saturated rings. The van der Waals surface area contributed by atoms with Crippen molar-refractivity contribution in [2.45, 2.75) is 25.8 Å². The van der Waals surface area contributed by atoms with Gasteiger partial charge in [0.1, 0.15) is 6.26 Å². The van der Waals surface area contributed by atoms with E-state index >= 15 is 0 Å². The van der Waals surface area contributed by atoms with Crippen LogP contribution in [0.15, 0.2) is 10.7 Å². The predicted octanol–water partition coefficient (Wildman–Crippen LogP) is 0.779. The van der Waals surface area contributed by atoms with Crippen molar-refractivity contribution >= 4 is 12.0 Å². The lowest BCUT2D eigenvalue weighted by Crippen LogP contribution is -2.43. The fraction of sp³-hybridized carbons (Fsp3) is 0.636. The summed E-state index contributed by atoms with van der Waals surface area (Å²) in [6.07, 6.45) is 3.35. The average molecular weight is 239 g/mol. The zero-order chi connectivity index (χ0) is 12.3. The highest BCUT2D eigenvalue weighted by Gasteiger charge is 2.22. The fourth-order valence-corrected chi connectivity index (χ4v) is 1.89. The first-order chi connectivity index (χ1) is 8.20. The van der Waals surface area contributed by atoms with Crippen LogP contribution in [0.5, 0.6) is 0 Å².